The standard InChI is InChI=1S/C15H13ClF2N2O2/c1-20(8-9-4-3-5-12(17)13(9)18)15(21)11-6-10(16)7-19-14(11)22-2/h3-7H,8H2,1-2H3. The molecule has 1 amide bonds. The SMILES string of the molecule is COc1ncc(Cl)cc1C(=O)N(C)Cc1cccc(F)c1F. The Labute approximate surface area is 131 Å². The van der Waals surface area contributed by atoms with E-state index >= 15 is 0 Å². The lowest BCUT2D eigenvalue weighted by Crippen LogP contribution is -2.27. The number of amides is 1. The van der Waals surface area contributed by atoms with E-state index in [2.05, 4.69) is 4.98 Å². The van der Waals surface area contributed by atoms with Gasteiger partial charge in [0.2, 0.25) is 5.88 Å². The van der Waals surface area contributed by atoms with Gasteiger partial charge in [-0.2, -0.15) is 0 Å². The third kappa shape index (κ3) is 3.33. The third-order valence-corrected chi connectivity index (χ3v) is 3.23. The van der Waals surface area contributed by atoms with Crippen molar-refractivity contribution in [3.8, 4) is 5.88 Å². The van der Waals surface area contributed by atoms with Crippen LogP contribution in [0.2, 0.25) is 5.02 Å². The summed E-state index contributed by atoms with van der Waals surface area (Å²) in [5, 5.41) is 0.273. The van der Waals surface area contributed by atoms with Gasteiger partial charge in [0.1, 0.15) is 5.56 Å². The van der Waals surface area contributed by atoms with Crippen LogP contribution in [-0.2, 0) is 6.54 Å². The number of carbonyl (C=O) groups excluding carboxylic acids is 1. The zero-order valence-corrected chi connectivity index (χ0v) is 12.7. The number of rotatable bonds is 4. The van der Waals surface area contributed by atoms with Crippen molar-refractivity contribution in [1.29, 1.82) is 0 Å². The van der Waals surface area contributed by atoms with Crippen molar-refractivity contribution in [2.75, 3.05) is 14.2 Å². The molecule has 0 saturated carbocycles. The predicted octanol–water partition coefficient (Wildman–Crippen LogP) is 3.29. The van der Waals surface area contributed by atoms with Crippen LogP contribution < -0.4 is 4.74 Å². The Morgan fingerprint density at radius 1 is 1.41 bits per heavy atom. The predicted molar refractivity (Wildman–Crippen MR) is 78.0 cm³/mol. The molecular weight excluding hydrogens is 314 g/mol. The van der Waals surface area contributed by atoms with Crippen LogP contribution in [0.15, 0.2) is 30.5 Å². The summed E-state index contributed by atoms with van der Waals surface area (Å²) >= 11 is 5.83. The molecule has 1 heterocycles. The first-order valence-electron chi connectivity index (χ1n) is 6.32. The summed E-state index contributed by atoms with van der Waals surface area (Å²) in [6.45, 7) is -0.0991. The van der Waals surface area contributed by atoms with Crippen LogP contribution in [0.1, 0.15) is 15.9 Å². The lowest BCUT2D eigenvalue weighted by molar-refractivity contribution is 0.0779. The molecule has 0 aliphatic rings. The molecular formula is C15H13ClF2N2O2. The molecule has 2 rings (SSSR count). The van der Waals surface area contributed by atoms with E-state index in [1.165, 1.54) is 43.5 Å². The van der Waals surface area contributed by atoms with Crippen LogP contribution in [0.5, 0.6) is 5.88 Å². The summed E-state index contributed by atoms with van der Waals surface area (Å²) in [6.07, 6.45) is 1.35. The monoisotopic (exact) mass is 326 g/mol. The van der Waals surface area contributed by atoms with Crippen molar-refractivity contribution in [2.24, 2.45) is 0 Å². The summed E-state index contributed by atoms with van der Waals surface area (Å²) in [4.78, 5) is 17.5. The highest BCUT2D eigenvalue weighted by molar-refractivity contribution is 6.30. The number of ether oxygens (including phenoxy) is 1. The van der Waals surface area contributed by atoms with Crippen LogP contribution in [0.25, 0.3) is 0 Å². The number of benzene rings is 1. The molecule has 4 nitrogen and oxygen atoms in total. The van der Waals surface area contributed by atoms with Crippen molar-refractivity contribution in [3.05, 3.63) is 58.2 Å². The normalized spacial score (nSPS) is 10.4. The van der Waals surface area contributed by atoms with Crippen molar-refractivity contribution in [3.63, 3.8) is 0 Å². The largest absolute Gasteiger partial charge is 0.480 e. The van der Waals surface area contributed by atoms with E-state index in [0.29, 0.717) is 0 Å². The van der Waals surface area contributed by atoms with Gasteiger partial charge < -0.3 is 9.64 Å². The van der Waals surface area contributed by atoms with Crippen LogP contribution >= 0.6 is 11.6 Å². The molecule has 0 aliphatic heterocycles. The summed E-state index contributed by atoms with van der Waals surface area (Å²) in [7, 11) is 2.84. The zero-order chi connectivity index (χ0) is 16.3. The van der Waals surface area contributed by atoms with Crippen LogP contribution in [0, 0.1) is 11.6 Å². The second-order valence-electron chi connectivity index (χ2n) is 4.58. The minimum atomic E-state index is -0.974. The van der Waals surface area contributed by atoms with Gasteiger partial charge in [0.15, 0.2) is 11.6 Å². The molecule has 0 atom stereocenters. The van der Waals surface area contributed by atoms with Gasteiger partial charge in [-0.25, -0.2) is 13.8 Å². The molecule has 0 radical (unpaired) electrons. The van der Waals surface area contributed by atoms with Gasteiger partial charge in [0, 0.05) is 25.4 Å². The fourth-order valence-electron chi connectivity index (χ4n) is 1.95. The number of hydrogen-bond acceptors (Lipinski definition) is 3. The quantitative estimate of drug-likeness (QED) is 0.866. The number of pyridine rings is 1. The van der Waals surface area contributed by atoms with Crippen LogP contribution in [0.3, 0.4) is 0 Å². The Balaban J connectivity index is 2.26. The molecule has 0 unspecified atom stereocenters. The molecule has 0 saturated heterocycles. The van der Waals surface area contributed by atoms with Crippen LogP contribution in [0.4, 0.5) is 8.78 Å². The molecule has 2 aromatic rings. The van der Waals surface area contributed by atoms with Gasteiger partial charge in [-0.05, 0) is 12.1 Å². The topological polar surface area (TPSA) is 42.4 Å². The van der Waals surface area contributed by atoms with E-state index < -0.39 is 17.5 Å². The van der Waals surface area contributed by atoms with E-state index in [4.69, 9.17) is 16.3 Å². The highest BCUT2D eigenvalue weighted by Crippen LogP contribution is 2.22. The second kappa shape index (κ2) is 6.70. The fraction of sp³-hybridized carbons (Fsp3) is 0.200. The Morgan fingerprint density at radius 2 is 2.14 bits per heavy atom. The van der Waals surface area contributed by atoms with Gasteiger partial charge in [0.25, 0.3) is 5.91 Å². The Kier molecular flexibility index (Phi) is 4.92. The number of carbonyl (C=O) groups is 1. The second-order valence-corrected chi connectivity index (χ2v) is 5.02. The van der Waals surface area contributed by atoms with Gasteiger partial charge in [-0.15, -0.1) is 0 Å². The summed E-state index contributed by atoms with van der Waals surface area (Å²) in [6, 6.07) is 5.22. The van der Waals surface area contributed by atoms with E-state index in [9.17, 15) is 13.6 Å². The lowest BCUT2D eigenvalue weighted by Gasteiger charge is -2.19. The number of aromatic nitrogens is 1. The van der Waals surface area contributed by atoms with E-state index in [-0.39, 0.29) is 28.6 Å². The van der Waals surface area contributed by atoms with E-state index in [0.717, 1.165) is 6.07 Å². The van der Waals surface area contributed by atoms with Crippen molar-refractivity contribution < 1.29 is 18.3 Å². The molecule has 1 aromatic carbocycles. The first-order valence-corrected chi connectivity index (χ1v) is 6.69. The summed E-state index contributed by atoms with van der Waals surface area (Å²) < 4.78 is 31.9. The Morgan fingerprint density at radius 3 is 2.82 bits per heavy atom. The Hall–Kier alpha value is -2.21. The molecule has 0 N–H and O–H groups in total. The number of hydrogen-bond donors (Lipinski definition) is 0. The smallest absolute Gasteiger partial charge is 0.259 e. The van der Waals surface area contributed by atoms with Gasteiger partial charge in [-0.3, -0.25) is 4.79 Å². The molecule has 22 heavy (non-hydrogen) atoms. The maximum Gasteiger partial charge on any atom is 0.259 e. The maximum absolute atomic E-state index is 13.7. The minimum absolute atomic E-state index is 0.0739. The first-order chi connectivity index (χ1) is 10.4. The lowest BCUT2D eigenvalue weighted by atomic mass is 10.1. The average molecular weight is 327 g/mol. The van der Waals surface area contributed by atoms with Gasteiger partial charge >= 0.3 is 0 Å². The number of halogens is 3. The van der Waals surface area contributed by atoms with Crippen LogP contribution in [-0.4, -0.2) is 29.9 Å². The Bertz CT molecular complexity index is 710. The number of methoxy groups -OCH3 is 1. The minimum Gasteiger partial charge on any atom is -0.480 e. The van der Waals surface area contributed by atoms with Crippen molar-refractivity contribution in [1.82, 2.24) is 9.88 Å². The highest BCUT2D eigenvalue weighted by atomic mass is 35.5. The molecule has 116 valence electrons. The highest BCUT2D eigenvalue weighted by Gasteiger charge is 2.20. The maximum atomic E-state index is 13.7. The van der Waals surface area contributed by atoms with Gasteiger partial charge in [0.05, 0.1) is 12.1 Å². The van der Waals surface area contributed by atoms with E-state index in [1.54, 1.807) is 0 Å². The molecule has 0 spiro atoms. The molecule has 0 bridgehead atoms. The molecule has 0 aliphatic carbocycles. The summed E-state index contributed by atoms with van der Waals surface area (Å²) in [5.41, 5.74) is 0.221. The number of nitrogens with zero attached hydrogens (tertiary/aromatic N) is 2. The fourth-order valence-corrected chi connectivity index (χ4v) is 2.10. The summed E-state index contributed by atoms with van der Waals surface area (Å²) in [5.74, 6) is -2.28. The zero-order valence-electron chi connectivity index (χ0n) is 11.9. The molecule has 7 heteroatoms. The first kappa shape index (κ1) is 16.2. The van der Waals surface area contributed by atoms with E-state index in [1.807, 2.05) is 0 Å². The van der Waals surface area contributed by atoms with Crippen molar-refractivity contribution in [2.45, 2.75) is 6.54 Å². The van der Waals surface area contributed by atoms with Crippen molar-refractivity contribution >= 4 is 17.5 Å². The average Bonchev–Trinajstić information content (AvgIpc) is 2.51. The van der Waals surface area contributed by atoms with Gasteiger partial charge in [-0.1, -0.05) is 23.7 Å². The molecule has 0 fully saturated rings. The third-order valence-electron chi connectivity index (χ3n) is 3.03. The molecule has 1 aromatic heterocycles.